The molecule has 1 aliphatic carbocycles. The van der Waals surface area contributed by atoms with Gasteiger partial charge in [-0.25, -0.2) is 9.67 Å². The third kappa shape index (κ3) is 5.25. The Balaban J connectivity index is 1.29. The molecule has 0 saturated heterocycles. The van der Waals surface area contributed by atoms with Gasteiger partial charge in [-0.15, -0.1) is 5.10 Å². The molecule has 1 aliphatic heterocycles. The van der Waals surface area contributed by atoms with Crippen molar-refractivity contribution < 1.29 is 4.79 Å². The van der Waals surface area contributed by atoms with Crippen LogP contribution in [0.2, 0.25) is 5.02 Å². The Labute approximate surface area is 252 Å². The number of hydrogen-bond donors (Lipinski definition) is 1. The number of carbonyl (C=O) groups is 1. The normalized spacial score (nSPS) is 18.8. The highest BCUT2D eigenvalue weighted by atomic mass is 35.5. The van der Waals surface area contributed by atoms with Gasteiger partial charge in [-0.1, -0.05) is 30.2 Å². The highest BCUT2D eigenvalue weighted by molar-refractivity contribution is 6.31. The number of fused-ring (bicyclic) bond motifs is 4. The maximum atomic E-state index is 13.8. The maximum Gasteiger partial charge on any atom is 0.254 e. The molecule has 0 radical (unpaired) electrons. The summed E-state index contributed by atoms with van der Waals surface area (Å²) in [6, 6.07) is 10.4. The van der Waals surface area contributed by atoms with Gasteiger partial charge in [0.15, 0.2) is 0 Å². The highest BCUT2D eigenvalue weighted by Crippen LogP contribution is 2.39. The van der Waals surface area contributed by atoms with Crippen LogP contribution >= 0.6 is 11.6 Å². The van der Waals surface area contributed by atoms with Crippen molar-refractivity contribution in [3.05, 3.63) is 88.1 Å². The molecule has 1 aromatic carbocycles. The van der Waals surface area contributed by atoms with E-state index in [4.69, 9.17) is 16.6 Å². The van der Waals surface area contributed by atoms with E-state index in [9.17, 15) is 9.59 Å². The first-order valence-corrected chi connectivity index (χ1v) is 14.8. The standard InChI is InChI=1S/C31H30ClN9O2/c1-18-4-3-5-28(24-12-20(10-11-33-24)30-25(36-31(18)43)15-35-39(30)2)40-17-34-23(14-29(40)42)22-13-21(32)8-9-27(22)41-16-26(37-38-41)19-6-7-19/h8-19,28H,3-7H2,1-2H3,(H,36,43)/t18-,28+/m1/s1. The topological polar surface area (TPSA) is 125 Å². The predicted octanol–water partition coefficient (Wildman–Crippen LogP) is 5.17. The van der Waals surface area contributed by atoms with Crippen LogP contribution in [-0.2, 0) is 11.8 Å². The van der Waals surface area contributed by atoms with Gasteiger partial charge in [0, 0.05) is 47.3 Å². The van der Waals surface area contributed by atoms with Gasteiger partial charge in [0.05, 0.1) is 58.9 Å². The van der Waals surface area contributed by atoms with Gasteiger partial charge < -0.3 is 5.32 Å². The van der Waals surface area contributed by atoms with Gasteiger partial charge in [0.25, 0.3) is 5.56 Å². The van der Waals surface area contributed by atoms with Gasteiger partial charge in [-0.05, 0) is 56.0 Å². The highest BCUT2D eigenvalue weighted by Gasteiger charge is 2.27. The van der Waals surface area contributed by atoms with Crippen molar-refractivity contribution in [3.63, 3.8) is 0 Å². The van der Waals surface area contributed by atoms with E-state index in [-0.39, 0.29) is 23.4 Å². The van der Waals surface area contributed by atoms with Crippen molar-refractivity contribution in [1.82, 2.24) is 39.3 Å². The summed E-state index contributed by atoms with van der Waals surface area (Å²) < 4.78 is 5.08. The Morgan fingerprint density at radius 1 is 1.00 bits per heavy atom. The molecule has 0 unspecified atom stereocenters. The van der Waals surface area contributed by atoms with E-state index in [1.54, 1.807) is 44.8 Å². The van der Waals surface area contributed by atoms with E-state index in [1.165, 1.54) is 6.07 Å². The predicted molar refractivity (Wildman–Crippen MR) is 162 cm³/mol. The lowest BCUT2D eigenvalue weighted by molar-refractivity contribution is -0.119. The largest absolute Gasteiger partial charge is 0.323 e. The van der Waals surface area contributed by atoms with Crippen LogP contribution in [0.25, 0.3) is 28.2 Å². The van der Waals surface area contributed by atoms with Gasteiger partial charge in [-0.3, -0.25) is 23.8 Å². The molecule has 218 valence electrons. The molecule has 1 fully saturated rings. The molecule has 2 aliphatic rings. The second-order valence-corrected chi connectivity index (χ2v) is 11.8. The Bertz CT molecular complexity index is 1910. The van der Waals surface area contributed by atoms with Crippen molar-refractivity contribution in [2.24, 2.45) is 13.0 Å². The molecule has 7 rings (SSSR count). The lowest BCUT2D eigenvalue weighted by Crippen LogP contribution is -2.27. The Morgan fingerprint density at radius 3 is 2.67 bits per heavy atom. The summed E-state index contributed by atoms with van der Waals surface area (Å²) in [4.78, 5) is 36.2. The third-order valence-corrected chi connectivity index (χ3v) is 8.55. The fraction of sp³-hybridized carbons (Fsp3) is 0.323. The smallest absolute Gasteiger partial charge is 0.254 e. The van der Waals surface area contributed by atoms with Crippen molar-refractivity contribution in [3.8, 4) is 28.2 Å². The number of anilines is 1. The third-order valence-electron chi connectivity index (χ3n) is 8.31. The first kappa shape index (κ1) is 27.2. The van der Waals surface area contributed by atoms with E-state index in [2.05, 4.69) is 25.7 Å². The summed E-state index contributed by atoms with van der Waals surface area (Å²) in [5.41, 5.74) is 5.66. The molecule has 11 nitrogen and oxygen atoms in total. The second kappa shape index (κ2) is 10.9. The van der Waals surface area contributed by atoms with E-state index < -0.39 is 0 Å². The van der Waals surface area contributed by atoms with Crippen LogP contribution in [0.1, 0.15) is 62.4 Å². The number of nitrogens with zero attached hydrogens (tertiary/aromatic N) is 8. The quantitative estimate of drug-likeness (QED) is 0.304. The lowest BCUT2D eigenvalue weighted by atomic mass is 9.97. The van der Waals surface area contributed by atoms with Crippen LogP contribution in [0.5, 0.6) is 0 Å². The molecule has 12 heteroatoms. The second-order valence-electron chi connectivity index (χ2n) is 11.4. The van der Waals surface area contributed by atoms with E-state index in [0.717, 1.165) is 41.2 Å². The van der Waals surface area contributed by atoms with Crippen molar-refractivity contribution in [2.75, 3.05) is 5.32 Å². The number of hydrogen-bond acceptors (Lipinski definition) is 7. The number of nitrogens with one attached hydrogen (secondary N) is 1. The maximum absolute atomic E-state index is 13.8. The first-order chi connectivity index (χ1) is 20.9. The summed E-state index contributed by atoms with van der Waals surface area (Å²) >= 11 is 6.40. The molecule has 4 aromatic heterocycles. The molecule has 43 heavy (non-hydrogen) atoms. The number of benzene rings is 1. The minimum Gasteiger partial charge on any atom is -0.323 e. The number of aryl methyl sites for hydroxylation is 1. The summed E-state index contributed by atoms with van der Waals surface area (Å²) in [6.07, 6.45) is 11.1. The average Bonchev–Trinajstić information content (AvgIpc) is 3.62. The molecular formula is C31H30ClN9O2. The molecule has 0 spiro atoms. The molecule has 1 N–H and O–H groups in total. The van der Waals surface area contributed by atoms with Crippen LogP contribution in [0.3, 0.4) is 0 Å². The number of halogens is 1. The molecular weight excluding hydrogens is 566 g/mol. The van der Waals surface area contributed by atoms with Crippen LogP contribution in [0, 0.1) is 5.92 Å². The van der Waals surface area contributed by atoms with E-state index in [0.29, 0.717) is 47.1 Å². The zero-order valence-corrected chi connectivity index (χ0v) is 24.6. The van der Waals surface area contributed by atoms with Gasteiger partial charge in [-0.2, -0.15) is 5.10 Å². The lowest BCUT2D eigenvalue weighted by Gasteiger charge is -2.22. The van der Waals surface area contributed by atoms with E-state index in [1.807, 2.05) is 38.4 Å². The summed E-state index contributed by atoms with van der Waals surface area (Å²) in [7, 11) is 1.83. The first-order valence-electron chi connectivity index (χ1n) is 14.5. The molecule has 1 amide bonds. The Morgan fingerprint density at radius 2 is 1.86 bits per heavy atom. The fourth-order valence-corrected chi connectivity index (χ4v) is 5.92. The molecule has 2 atom stereocenters. The van der Waals surface area contributed by atoms with Crippen molar-refractivity contribution in [1.29, 1.82) is 0 Å². The fourth-order valence-electron chi connectivity index (χ4n) is 5.75. The van der Waals surface area contributed by atoms with Crippen LogP contribution in [-0.4, -0.2) is 45.2 Å². The average molecular weight is 596 g/mol. The SMILES string of the molecule is C[C@@H]1CCC[C@H](n2cnc(-c3cc(Cl)ccc3-n3cc(C4CC4)nn3)cc2=O)c2cc(ccn2)-c2c(cnn2C)NC1=O. The molecule has 1 saturated carbocycles. The minimum atomic E-state index is -0.379. The van der Waals surface area contributed by atoms with E-state index >= 15 is 0 Å². The Kier molecular flexibility index (Phi) is 6.89. The van der Waals surface area contributed by atoms with Crippen LogP contribution < -0.4 is 10.9 Å². The number of amides is 1. The Hall–Kier alpha value is -4.64. The summed E-state index contributed by atoms with van der Waals surface area (Å²) in [5, 5.41) is 16.6. The zero-order valence-electron chi connectivity index (χ0n) is 23.8. The monoisotopic (exact) mass is 595 g/mol. The van der Waals surface area contributed by atoms with Crippen molar-refractivity contribution in [2.45, 2.75) is 51.0 Å². The van der Waals surface area contributed by atoms with Crippen molar-refractivity contribution >= 4 is 23.2 Å². The van der Waals surface area contributed by atoms with Gasteiger partial charge >= 0.3 is 0 Å². The minimum absolute atomic E-state index is 0.0576. The zero-order chi connectivity index (χ0) is 29.7. The van der Waals surface area contributed by atoms with Crippen LogP contribution in [0.15, 0.2) is 66.1 Å². The van der Waals surface area contributed by atoms with Crippen LogP contribution in [0.4, 0.5) is 5.69 Å². The molecule has 2 bridgehead atoms. The molecule has 5 heterocycles. The summed E-state index contributed by atoms with van der Waals surface area (Å²) in [5.74, 6) is 0.194. The number of rotatable bonds is 4. The number of carbonyl (C=O) groups excluding carboxylic acids is 1. The summed E-state index contributed by atoms with van der Waals surface area (Å²) in [6.45, 7) is 1.91. The van der Waals surface area contributed by atoms with Gasteiger partial charge in [0.2, 0.25) is 5.91 Å². The molecule has 5 aromatic rings. The number of pyridine rings is 1. The number of aromatic nitrogens is 8. The van der Waals surface area contributed by atoms with Gasteiger partial charge in [0.1, 0.15) is 0 Å².